The molecule has 2 unspecified atom stereocenters. The van der Waals surface area contributed by atoms with Crippen molar-refractivity contribution in [1.29, 1.82) is 0 Å². The highest BCUT2D eigenvalue weighted by molar-refractivity contribution is 5.37. The molecule has 4 nitrogen and oxygen atoms in total. The fraction of sp³-hybridized carbons (Fsp3) is 0.400. The Morgan fingerprint density at radius 1 is 1.04 bits per heavy atom. The monoisotopic (exact) mass is 383 g/mol. The van der Waals surface area contributed by atoms with Crippen LogP contribution in [0.4, 0.5) is 13.2 Å². The van der Waals surface area contributed by atoms with Crippen molar-refractivity contribution in [3.8, 4) is 11.5 Å². The molecule has 0 spiro atoms. The third-order valence-corrected chi connectivity index (χ3v) is 4.01. The summed E-state index contributed by atoms with van der Waals surface area (Å²) in [6.45, 7) is 2.81. The molecular weight excluding hydrogens is 359 g/mol. The van der Waals surface area contributed by atoms with Gasteiger partial charge >= 0.3 is 6.18 Å². The van der Waals surface area contributed by atoms with Gasteiger partial charge in [-0.05, 0) is 43.8 Å². The van der Waals surface area contributed by atoms with E-state index in [1.165, 1.54) is 25.3 Å². The average Bonchev–Trinajstić information content (AvgIpc) is 2.65. The van der Waals surface area contributed by atoms with Crippen molar-refractivity contribution in [1.82, 2.24) is 5.32 Å². The van der Waals surface area contributed by atoms with Crippen LogP contribution in [-0.4, -0.2) is 33.4 Å². The molecule has 1 N–H and O–H groups in total. The lowest BCUT2D eigenvalue weighted by Crippen LogP contribution is -2.34. The highest BCUT2D eigenvalue weighted by Crippen LogP contribution is 2.38. The van der Waals surface area contributed by atoms with Gasteiger partial charge in [0, 0.05) is 13.7 Å². The number of benzene rings is 2. The molecule has 0 aromatic heterocycles. The second kappa shape index (κ2) is 9.62. The van der Waals surface area contributed by atoms with Crippen LogP contribution in [0.1, 0.15) is 24.2 Å². The van der Waals surface area contributed by atoms with E-state index < -0.39 is 23.9 Å². The number of hydrogen-bond acceptors (Lipinski definition) is 4. The Bertz CT molecular complexity index is 704. The van der Waals surface area contributed by atoms with E-state index in [-0.39, 0.29) is 5.75 Å². The smallest absolute Gasteiger partial charge is 0.419 e. The maximum absolute atomic E-state index is 13.3. The summed E-state index contributed by atoms with van der Waals surface area (Å²) >= 11 is 0. The number of rotatable bonds is 9. The zero-order chi connectivity index (χ0) is 19.9. The average molecular weight is 383 g/mol. The molecule has 0 saturated carbocycles. The second-order valence-electron chi connectivity index (χ2n) is 5.87. The fourth-order valence-corrected chi connectivity index (χ4v) is 2.73. The van der Waals surface area contributed by atoms with E-state index in [2.05, 4.69) is 5.32 Å². The SMILES string of the molecule is CCOc1ccc(C(Oc2ccccc2C(F)(F)F)C(CNC)OC)cc1. The quantitative estimate of drug-likeness (QED) is 0.694. The first-order chi connectivity index (χ1) is 12.9. The Balaban J connectivity index is 2.39. The topological polar surface area (TPSA) is 39.7 Å². The van der Waals surface area contributed by atoms with Gasteiger partial charge in [0.1, 0.15) is 17.6 Å². The van der Waals surface area contributed by atoms with Gasteiger partial charge in [-0.1, -0.05) is 24.3 Å². The summed E-state index contributed by atoms with van der Waals surface area (Å²) in [7, 11) is 3.24. The molecule has 0 aliphatic carbocycles. The van der Waals surface area contributed by atoms with Crippen molar-refractivity contribution >= 4 is 0 Å². The highest BCUT2D eigenvalue weighted by atomic mass is 19.4. The van der Waals surface area contributed by atoms with Crippen LogP contribution in [0.2, 0.25) is 0 Å². The lowest BCUT2D eigenvalue weighted by molar-refractivity contribution is -0.139. The van der Waals surface area contributed by atoms with Gasteiger partial charge in [0.05, 0.1) is 12.2 Å². The predicted octanol–water partition coefficient (Wildman–Crippen LogP) is 4.46. The normalized spacial score (nSPS) is 13.9. The summed E-state index contributed by atoms with van der Waals surface area (Å²) in [5.41, 5.74) is -0.127. The zero-order valence-electron chi connectivity index (χ0n) is 15.5. The Hall–Kier alpha value is -2.25. The summed E-state index contributed by atoms with van der Waals surface area (Å²) in [4.78, 5) is 0. The predicted molar refractivity (Wildman–Crippen MR) is 97.1 cm³/mol. The molecule has 0 saturated heterocycles. The van der Waals surface area contributed by atoms with Crippen molar-refractivity contribution in [2.75, 3.05) is 27.3 Å². The molecule has 0 bridgehead atoms. The van der Waals surface area contributed by atoms with Gasteiger partial charge in [0.2, 0.25) is 0 Å². The molecule has 2 rings (SSSR count). The molecule has 2 aromatic rings. The number of halogens is 3. The lowest BCUT2D eigenvalue weighted by Gasteiger charge is -2.28. The molecule has 7 heteroatoms. The van der Waals surface area contributed by atoms with Crippen molar-refractivity contribution in [2.24, 2.45) is 0 Å². The molecule has 0 radical (unpaired) electrons. The third-order valence-electron chi connectivity index (χ3n) is 4.01. The van der Waals surface area contributed by atoms with Gasteiger partial charge in [0.15, 0.2) is 6.10 Å². The number of hydrogen-bond donors (Lipinski definition) is 1. The Morgan fingerprint density at radius 3 is 2.26 bits per heavy atom. The number of likely N-dealkylation sites (N-methyl/N-ethyl adjacent to an activating group) is 1. The van der Waals surface area contributed by atoms with E-state index in [1.807, 2.05) is 6.92 Å². The Morgan fingerprint density at radius 2 is 1.70 bits per heavy atom. The highest BCUT2D eigenvalue weighted by Gasteiger charge is 2.35. The zero-order valence-corrected chi connectivity index (χ0v) is 15.5. The molecule has 27 heavy (non-hydrogen) atoms. The van der Waals surface area contributed by atoms with Crippen LogP contribution < -0.4 is 14.8 Å². The summed E-state index contributed by atoms with van der Waals surface area (Å²) < 4.78 is 56.7. The molecule has 0 fully saturated rings. The van der Waals surface area contributed by atoms with Crippen LogP contribution in [0.25, 0.3) is 0 Å². The first kappa shape index (κ1) is 21.1. The van der Waals surface area contributed by atoms with E-state index in [0.29, 0.717) is 24.5 Å². The minimum absolute atomic E-state index is 0.234. The molecule has 0 amide bonds. The molecule has 0 heterocycles. The number of methoxy groups -OCH3 is 1. The largest absolute Gasteiger partial charge is 0.494 e. The minimum Gasteiger partial charge on any atom is -0.494 e. The molecule has 2 atom stereocenters. The van der Waals surface area contributed by atoms with Gasteiger partial charge in [0.25, 0.3) is 0 Å². The molecule has 0 aliphatic heterocycles. The van der Waals surface area contributed by atoms with Crippen molar-refractivity contribution in [3.63, 3.8) is 0 Å². The molecule has 148 valence electrons. The van der Waals surface area contributed by atoms with Crippen molar-refractivity contribution < 1.29 is 27.4 Å². The van der Waals surface area contributed by atoms with E-state index in [9.17, 15) is 13.2 Å². The van der Waals surface area contributed by atoms with Gasteiger partial charge < -0.3 is 19.5 Å². The van der Waals surface area contributed by atoms with Gasteiger partial charge in [-0.25, -0.2) is 0 Å². The summed E-state index contributed by atoms with van der Waals surface area (Å²) in [5, 5.41) is 2.98. The van der Waals surface area contributed by atoms with E-state index in [4.69, 9.17) is 14.2 Å². The Labute approximate surface area is 157 Å². The van der Waals surface area contributed by atoms with Crippen molar-refractivity contribution in [2.45, 2.75) is 25.3 Å². The lowest BCUT2D eigenvalue weighted by atomic mass is 10.0. The fourth-order valence-electron chi connectivity index (χ4n) is 2.73. The molecule has 0 aliphatic rings. The van der Waals surface area contributed by atoms with Crippen LogP contribution in [-0.2, 0) is 10.9 Å². The van der Waals surface area contributed by atoms with Crippen LogP contribution in [0.5, 0.6) is 11.5 Å². The number of para-hydroxylation sites is 1. The van der Waals surface area contributed by atoms with Crippen molar-refractivity contribution in [3.05, 3.63) is 59.7 Å². The van der Waals surface area contributed by atoms with Crippen LogP contribution in [0.15, 0.2) is 48.5 Å². The third kappa shape index (κ3) is 5.61. The Kier molecular flexibility index (Phi) is 7.50. The van der Waals surface area contributed by atoms with E-state index in [0.717, 1.165) is 6.07 Å². The maximum atomic E-state index is 13.3. The first-order valence-corrected chi connectivity index (χ1v) is 8.63. The second-order valence-corrected chi connectivity index (χ2v) is 5.87. The van der Waals surface area contributed by atoms with Crippen LogP contribution in [0.3, 0.4) is 0 Å². The summed E-state index contributed by atoms with van der Waals surface area (Å²) in [6, 6.07) is 12.2. The number of nitrogens with one attached hydrogen (secondary N) is 1. The minimum atomic E-state index is -4.51. The number of alkyl halides is 3. The van der Waals surface area contributed by atoms with Gasteiger partial charge in [-0.15, -0.1) is 0 Å². The summed E-state index contributed by atoms with van der Waals surface area (Å²) in [6.07, 6.45) is -5.73. The maximum Gasteiger partial charge on any atom is 0.419 e. The van der Waals surface area contributed by atoms with E-state index >= 15 is 0 Å². The van der Waals surface area contributed by atoms with E-state index in [1.54, 1.807) is 31.3 Å². The molecule has 2 aromatic carbocycles. The van der Waals surface area contributed by atoms with Crippen LogP contribution in [0, 0.1) is 0 Å². The standard InChI is InChI=1S/C20H24F3NO3/c1-4-26-15-11-9-14(10-12-15)19(18(25-3)13-24-2)27-17-8-6-5-7-16(17)20(21,22)23/h5-12,18-19,24H,4,13H2,1-3H3. The van der Waals surface area contributed by atoms with Gasteiger partial charge in [-0.3, -0.25) is 0 Å². The summed E-state index contributed by atoms with van der Waals surface area (Å²) in [5.74, 6) is 0.445. The number of ether oxygens (including phenoxy) is 3. The van der Waals surface area contributed by atoms with Crippen LogP contribution >= 0.6 is 0 Å². The first-order valence-electron chi connectivity index (χ1n) is 8.63. The van der Waals surface area contributed by atoms with Gasteiger partial charge in [-0.2, -0.15) is 13.2 Å². The molecular formula is C20H24F3NO3.